The maximum absolute atomic E-state index is 11.9. The van der Waals surface area contributed by atoms with E-state index in [2.05, 4.69) is 5.32 Å². The van der Waals surface area contributed by atoms with Crippen LogP contribution < -0.4 is 5.32 Å². The lowest BCUT2D eigenvalue weighted by Crippen LogP contribution is -2.53. The number of amides is 1. The standard InChI is InChI=1S/C20H27NO5/c1-13(22)21-20(4)18(12-26-15(3)24)10-17(11-25-14(2)23)19(20)16-8-6-5-7-9-16/h5-9,17-19H,10-12H2,1-4H3,(H,21,22)/t17-,18+,19+,20-/m0/s1. The number of carbonyl (C=O) groups excluding carboxylic acids is 3. The Bertz CT molecular complexity index is 659. The van der Waals surface area contributed by atoms with Gasteiger partial charge in [-0.3, -0.25) is 14.4 Å². The van der Waals surface area contributed by atoms with E-state index in [1.807, 2.05) is 37.3 Å². The van der Waals surface area contributed by atoms with Gasteiger partial charge in [0.2, 0.25) is 5.91 Å². The molecule has 4 atom stereocenters. The fourth-order valence-corrected chi connectivity index (χ4v) is 4.18. The number of carbonyl (C=O) groups is 3. The molecule has 142 valence electrons. The summed E-state index contributed by atoms with van der Waals surface area (Å²) < 4.78 is 10.6. The Hall–Kier alpha value is -2.37. The quantitative estimate of drug-likeness (QED) is 0.787. The van der Waals surface area contributed by atoms with Crippen molar-refractivity contribution in [2.75, 3.05) is 13.2 Å². The summed E-state index contributed by atoms with van der Waals surface area (Å²) >= 11 is 0. The first kappa shape index (κ1) is 19.9. The molecule has 0 spiro atoms. The van der Waals surface area contributed by atoms with Crippen LogP contribution in [0, 0.1) is 11.8 Å². The predicted molar refractivity (Wildman–Crippen MR) is 96.3 cm³/mol. The molecule has 1 fully saturated rings. The van der Waals surface area contributed by atoms with Gasteiger partial charge in [-0.2, -0.15) is 0 Å². The molecule has 6 nitrogen and oxygen atoms in total. The minimum atomic E-state index is -0.618. The Kier molecular flexibility index (Phi) is 6.40. The van der Waals surface area contributed by atoms with Crippen molar-refractivity contribution < 1.29 is 23.9 Å². The molecular formula is C20H27NO5. The van der Waals surface area contributed by atoms with Gasteiger partial charge in [0.05, 0.1) is 18.8 Å². The van der Waals surface area contributed by atoms with Gasteiger partial charge >= 0.3 is 11.9 Å². The topological polar surface area (TPSA) is 81.7 Å². The van der Waals surface area contributed by atoms with Gasteiger partial charge in [0.25, 0.3) is 0 Å². The highest BCUT2D eigenvalue weighted by molar-refractivity contribution is 5.74. The van der Waals surface area contributed by atoms with Crippen molar-refractivity contribution in [1.29, 1.82) is 0 Å². The summed E-state index contributed by atoms with van der Waals surface area (Å²) in [6.07, 6.45) is 0.677. The number of ether oxygens (including phenoxy) is 2. The molecule has 0 aliphatic heterocycles. The number of rotatable bonds is 6. The van der Waals surface area contributed by atoms with Crippen LogP contribution in [0.3, 0.4) is 0 Å². The van der Waals surface area contributed by atoms with Crippen LogP contribution >= 0.6 is 0 Å². The first-order valence-electron chi connectivity index (χ1n) is 8.84. The smallest absolute Gasteiger partial charge is 0.302 e. The molecule has 0 bridgehead atoms. The Balaban J connectivity index is 2.40. The average Bonchev–Trinajstić information content (AvgIpc) is 2.82. The fraction of sp³-hybridized carbons (Fsp3) is 0.550. The molecule has 1 aliphatic carbocycles. The molecule has 0 radical (unpaired) electrons. The number of hydrogen-bond donors (Lipinski definition) is 1. The van der Waals surface area contributed by atoms with E-state index in [0.717, 1.165) is 5.56 Å². The molecule has 1 amide bonds. The molecule has 26 heavy (non-hydrogen) atoms. The maximum atomic E-state index is 11.9. The van der Waals surface area contributed by atoms with Crippen molar-refractivity contribution in [3.8, 4) is 0 Å². The van der Waals surface area contributed by atoms with Crippen LogP contribution in [-0.2, 0) is 23.9 Å². The summed E-state index contributed by atoms with van der Waals surface area (Å²) in [6, 6.07) is 9.86. The third-order valence-electron chi connectivity index (χ3n) is 5.15. The van der Waals surface area contributed by atoms with Crippen LogP contribution in [-0.4, -0.2) is 36.6 Å². The highest BCUT2D eigenvalue weighted by Gasteiger charge is 2.53. The van der Waals surface area contributed by atoms with Crippen molar-refractivity contribution in [2.24, 2.45) is 11.8 Å². The molecular weight excluding hydrogens is 334 g/mol. The minimum Gasteiger partial charge on any atom is -0.466 e. The van der Waals surface area contributed by atoms with Crippen LogP contribution in [0.25, 0.3) is 0 Å². The first-order valence-corrected chi connectivity index (χ1v) is 8.84. The Morgan fingerprint density at radius 3 is 2.15 bits per heavy atom. The van der Waals surface area contributed by atoms with Gasteiger partial charge in [0.15, 0.2) is 0 Å². The van der Waals surface area contributed by atoms with Gasteiger partial charge in [0, 0.05) is 38.5 Å². The van der Waals surface area contributed by atoms with E-state index >= 15 is 0 Å². The summed E-state index contributed by atoms with van der Waals surface area (Å²) in [5.74, 6) is -0.960. The Morgan fingerprint density at radius 1 is 1.04 bits per heavy atom. The molecule has 0 unspecified atom stereocenters. The molecule has 1 aliphatic rings. The number of hydrogen-bond acceptors (Lipinski definition) is 5. The lowest BCUT2D eigenvalue weighted by atomic mass is 9.76. The minimum absolute atomic E-state index is 0.0127. The zero-order chi connectivity index (χ0) is 19.3. The van der Waals surface area contributed by atoms with Crippen LogP contribution in [0.1, 0.15) is 45.6 Å². The van der Waals surface area contributed by atoms with Gasteiger partial charge in [-0.15, -0.1) is 0 Å². The number of nitrogens with one attached hydrogen (secondary N) is 1. The summed E-state index contributed by atoms with van der Waals surface area (Å²) in [6.45, 7) is 6.70. The van der Waals surface area contributed by atoms with Crippen molar-refractivity contribution in [1.82, 2.24) is 5.32 Å². The lowest BCUT2D eigenvalue weighted by molar-refractivity contribution is -0.143. The molecule has 0 heterocycles. The average molecular weight is 361 g/mol. The first-order chi connectivity index (χ1) is 12.2. The Morgan fingerprint density at radius 2 is 1.62 bits per heavy atom. The van der Waals surface area contributed by atoms with Crippen LogP contribution in [0.5, 0.6) is 0 Å². The van der Waals surface area contributed by atoms with E-state index in [0.29, 0.717) is 6.42 Å². The zero-order valence-electron chi connectivity index (χ0n) is 15.8. The van der Waals surface area contributed by atoms with Gasteiger partial charge < -0.3 is 14.8 Å². The van der Waals surface area contributed by atoms with E-state index in [9.17, 15) is 14.4 Å². The largest absolute Gasteiger partial charge is 0.466 e. The van der Waals surface area contributed by atoms with E-state index in [-0.39, 0.29) is 48.8 Å². The highest BCUT2D eigenvalue weighted by atomic mass is 16.5. The monoisotopic (exact) mass is 361 g/mol. The van der Waals surface area contributed by atoms with Crippen LogP contribution in [0.2, 0.25) is 0 Å². The second kappa shape index (κ2) is 8.34. The number of benzene rings is 1. The molecule has 1 saturated carbocycles. The van der Waals surface area contributed by atoms with E-state index < -0.39 is 5.54 Å². The van der Waals surface area contributed by atoms with Crippen molar-refractivity contribution in [3.05, 3.63) is 35.9 Å². The summed E-state index contributed by atoms with van der Waals surface area (Å²) in [7, 11) is 0. The third-order valence-corrected chi connectivity index (χ3v) is 5.15. The second-order valence-electron chi connectivity index (χ2n) is 7.15. The molecule has 6 heteroatoms. The van der Waals surface area contributed by atoms with E-state index in [1.165, 1.54) is 20.8 Å². The summed E-state index contributed by atoms with van der Waals surface area (Å²) in [4.78, 5) is 34.6. The second-order valence-corrected chi connectivity index (χ2v) is 7.15. The number of esters is 2. The van der Waals surface area contributed by atoms with Crippen molar-refractivity contribution in [2.45, 2.75) is 45.6 Å². The molecule has 0 saturated heterocycles. The molecule has 0 aromatic heterocycles. The molecule has 1 N–H and O–H groups in total. The molecule has 2 rings (SSSR count). The summed E-state index contributed by atoms with van der Waals surface area (Å²) in [5.41, 5.74) is 0.444. The molecule has 1 aromatic rings. The van der Waals surface area contributed by atoms with Gasteiger partial charge in [-0.25, -0.2) is 0 Å². The van der Waals surface area contributed by atoms with E-state index in [1.54, 1.807) is 0 Å². The Labute approximate surface area is 154 Å². The zero-order valence-corrected chi connectivity index (χ0v) is 15.8. The van der Waals surface area contributed by atoms with E-state index in [4.69, 9.17) is 9.47 Å². The SMILES string of the molecule is CC(=O)N[C@@]1(C)[C@@H](COC(C)=O)C[C@@H](COC(C)=O)[C@H]1c1ccccc1. The molecule has 1 aromatic carbocycles. The highest BCUT2D eigenvalue weighted by Crippen LogP contribution is 2.50. The van der Waals surface area contributed by atoms with Crippen LogP contribution in [0.15, 0.2) is 30.3 Å². The van der Waals surface area contributed by atoms with Crippen molar-refractivity contribution in [3.63, 3.8) is 0 Å². The summed E-state index contributed by atoms with van der Waals surface area (Å²) in [5, 5.41) is 3.09. The van der Waals surface area contributed by atoms with Gasteiger partial charge in [-0.05, 0) is 18.9 Å². The van der Waals surface area contributed by atoms with Crippen molar-refractivity contribution >= 4 is 17.8 Å². The fourth-order valence-electron chi connectivity index (χ4n) is 4.18. The van der Waals surface area contributed by atoms with Gasteiger partial charge in [0.1, 0.15) is 0 Å². The van der Waals surface area contributed by atoms with Gasteiger partial charge in [-0.1, -0.05) is 30.3 Å². The predicted octanol–water partition coefficient (Wildman–Crippen LogP) is 2.43. The lowest BCUT2D eigenvalue weighted by Gasteiger charge is -2.38. The van der Waals surface area contributed by atoms with Crippen LogP contribution in [0.4, 0.5) is 0 Å². The normalized spacial score (nSPS) is 27.6. The maximum Gasteiger partial charge on any atom is 0.302 e. The third kappa shape index (κ3) is 4.62.